The molecule has 5 rings (SSSR count). The van der Waals surface area contributed by atoms with Crippen molar-refractivity contribution in [3.63, 3.8) is 0 Å². The molecule has 10 nitrogen and oxygen atoms in total. The second-order valence-corrected chi connectivity index (χ2v) is 17.2. The monoisotopic (exact) mass is 613 g/mol. The lowest BCUT2D eigenvalue weighted by molar-refractivity contribution is -0.119. The van der Waals surface area contributed by atoms with Gasteiger partial charge < -0.3 is 15.4 Å². The van der Waals surface area contributed by atoms with Crippen LogP contribution in [-0.2, 0) is 22.8 Å². The van der Waals surface area contributed by atoms with Crippen LogP contribution in [0.25, 0.3) is 11.3 Å². The second-order valence-electron chi connectivity index (χ2n) is 12.7. The average molecular weight is 614 g/mol. The number of halogens is 1. The molecule has 43 heavy (non-hydrogen) atoms. The second kappa shape index (κ2) is 12.8. The van der Waals surface area contributed by atoms with E-state index in [0.29, 0.717) is 41.9 Å². The summed E-state index contributed by atoms with van der Waals surface area (Å²) in [6, 6.07) is 2.20. The number of rotatable bonds is 14. The number of ether oxygens (including phenoxy) is 1. The fraction of sp³-hybridized carbons (Fsp3) is 0.581. The van der Waals surface area contributed by atoms with E-state index >= 15 is 4.39 Å². The van der Waals surface area contributed by atoms with Crippen molar-refractivity contribution in [2.24, 2.45) is 17.8 Å². The van der Waals surface area contributed by atoms with Crippen LogP contribution in [0.5, 0.6) is 0 Å². The number of hydrogen-bond acceptors (Lipinski definition) is 6. The number of aryl methyl sites for hydroxylation is 2. The zero-order valence-corrected chi connectivity index (χ0v) is 26.8. The number of nitrogens with one attached hydrogen (secondary N) is 2. The molecule has 1 unspecified atom stereocenters. The quantitative estimate of drug-likeness (QED) is 0.254. The third kappa shape index (κ3) is 7.46. The number of aromatic nitrogens is 5. The smallest absolute Gasteiger partial charge is 0.270 e. The van der Waals surface area contributed by atoms with Crippen LogP contribution in [0, 0.1) is 37.4 Å². The lowest BCUT2D eigenvalue weighted by Gasteiger charge is -2.27. The van der Waals surface area contributed by atoms with Gasteiger partial charge in [-0.25, -0.2) is 19.1 Å². The molecule has 0 radical (unpaired) electrons. The lowest BCUT2D eigenvalue weighted by atomic mass is 9.88. The van der Waals surface area contributed by atoms with Crippen LogP contribution in [0.2, 0.25) is 0 Å². The maximum atomic E-state index is 15.6. The molecule has 0 saturated heterocycles. The van der Waals surface area contributed by atoms with Crippen molar-refractivity contribution in [2.75, 3.05) is 36.4 Å². The van der Waals surface area contributed by atoms with Gasteiger partial charge in [-0.3, -0.25) is 19.3 Å². The van der Waals surface area contributed by atoms with Crippen molar-refractivity contribution in [1.82, 2.24) is 29.9 Å². The Kier molecular flexibility index (Phi) is 9.26. The maximum Gasteiger partial charge on any atom is 0.270 e. The van der Waals surface area contributed by atoms with E-state index in [9.17, 15) is 9.59 Å². The molecule has 3 aromatic rings. The fourth-order valence-corrected chi connectivity index (χ4v) is 6.37. The Bertz CT molecular complexity index is 1460. The Balaban J connectivity index is 1.31. The number of nitrogens with zero attached hydrogens (tertiary/aromatic N) is 5. The molecule has 0 bridgehead atoms. The zero-order valence-electron chi connectivity index (χ0n) is 26.0. The SMILES string of the molecule is CCn1nccc1C(=O)NC(C(=O)Nc1cnc(-c2c(C)nn(COCCS(C)(C)C)c2C)c(F)c1)C(C1CC1)C1CC1. The number of anilines is 1. The van der Waals surface area contributed by atoms with Gasteiger partial charge in [0.05, 0.1) is 24.2 Å². The van der Waals surface area contributed by atoms with E-state index in [1.165, 1.54) is 12.3 Å². The highest BCUT2D eigenvalue weighted by Crippen LogP contribution is 2.51. The van der Waals surface area contributed by atoms with Crippen LogP contribution in [0.1, 0.15) is 54.5 Å². The molecular weight excluding hydrogens is 569 g/mol. The van der Waals surface area contributed by atoms with E-state index in [0.717, 1.165) is 37.1 Å². The third-order valence-electron chi connectivity index (χ3n) is 8.32. The third-order valence-corrected chi connectivity index (χ3v) is 9.71. The summed E-state index contributed by atoms with van der Waals surface area (Å²) >= 11 is 0. The Hall–Kier alpha value is -3.25. The zero-order chi connectivity index (χ0) is 30.9. The van der Waals surface area contributed by atoms with Crippen LogP contribution in [0.4, 0.5) is 10.1 Å². The summed E-state index contributed by atoms with van der Waals surface area (Å²) in [5.74, 6) is 0.589. The molecule has 2 aliphatic rings. The van der Waals surface area contributed by atoms with Gasteiger partial charge in [0.15, 0.2) is 5.82 Å². The molecule has 3 heterocycles. The summed E-state index contributed by atoms with van der Waals surface area (Å²) in [6.45, 7) is 7.07. The topological polar surface area (TPSA) is 116 Å². The van der Waals surface area contributed by atoms with Gasteiger partial charge in [-0.05, 0) is 89.0 Å². The Morgan fingerprint density at radius 3 is 2.44 bits per heavy atom. The molecule has 2 N–H and O–H groups in total. The van der Waals surface area contributed by atoms with Gasteiger partial charge in [0.2, 0.25) is 5.91 Å². The van der Waals surface area contributed by atoms with Crippen molar-refractivity contribution in [3.05, 3.63) is 47.4 Å². The molecule has 0 aromatic carbocycles. The number of carbonyl (C=O) groups excluding carboxylic acids is 2. The first-order valence-electron chi connectivity index (χ1n) is 15.0. The first kappa shape index (κ1) is 31.2. The van der Waals surface area contributed by atoms with Crippen LogP contribution in [0.15, 0.2) is 24.5 Å². The predicted molar refractivity (Wildman–Crippen MR) is 168 cm³/mol. The van der Waals surface area contributed by atoms with E-state index in [4.69, 9.17) is 4.74 Å². The van der Waals surface area contributed by atoms with Gasteiger partial charge in [0, 0.05) is 35.8 Å². The molecule has 0 aliphatic heterocycles. The highest BCUT2D eigenvalue weighted by atomic mass is 32.3. The minimum absolute atomic E-state index is 0.0437. The van der Waals surface area contributed by atoms with E-state index in [2.05, 4.69) is 44.6 Å². The summed E-state index contributed by atoms with van der Waals surface area (Å²) in [5, 5.41) is 14.6. The van der Waals surface area contributed by atoms with Crippen molar-refractivity contribution >= 4 is 27.5 Å². The van der Waals surface area contributed by atoms with Crippen LogP contribution >= 0.6 is 10.0 Å². The maximum absolute atomic E-state index is 15.6. The highest BCUT2D eigenvalue weighted by Gasteiger charge is 2.48. The Morgan fingerprint density at radius 2 is 1.84 bits per heavy atom. The normalized spacial score (nSPS) is 16.4. The number of carbonyl (C=O) groups is 2. The lowest BCUT2D eigenvalue weighted by Crippen LogP contribution is -2.50. The van der Waals surface area contributed by atoms with Gasteiger partial charge in [0.1, 0.15) is 24.2 Å². The van der Waals surface area contributed by atoms with Crippen molar-refractivity contribution < 1.29 is 18.7 Å². The van der Waals surface area contributed by atoms with Gasteiger partial charge in [-0.2, -0.15) is 10.2 Å². The molecule has 1 atom stereocenters. The van der Waals surface area contributed by atoms with Crippen LogP contribution in [-0.4, -0.2) is 73.5 Å². The first-order valence-corrected chi connectivity index (χ1v) is 18.1. The Labute approximate surface area is 254 Å². The van der Waals surface area contributed by atoms with Gasteiger partial charge >= 0.3 is 0 Å². The number of hydrogen-bond donors (Lipinski definition) is 2. The molecular formula is C31H44FN7O3S. The minimum atomic E-state index is -0.738. The standard InChI is InChI=1S/C31H44FN7O3S/c1-7-38-25(12-13-34-38)30(40)36-29(27(21-8-9-21)22-10-11-22)31(41)35-23-16-24(32)28(33-17-23)26-19(2)37-39(20(26)3)18-42-14-15-43(4,5)6/h12-13,16-17,21-22,27,29H,7-11,14-15,18H2,1-6H3,(H,35,41)(H,36,40). The summed E-state index contributed by atoms with van der Waals surface area (Å²) in [5.41, 5.74) is 2.84. The van der Waals surface area contributed by atoms with E-state index < -0.39 is 21.9 Å². The van der Waals surface area contributed by atoms with E-state index in [1.807, 2.05) is 20.8 Å². The molecule has 2 fully saturated rings. The van der Waals surface area contributed by atoms with Crippen LogP contribution in [0.3, 0.4) is 0 Å². The first-order chi connectivity index (χ1) is 20.5. The van der Waals surface area contributed by atoms with E-state index in [1.54, 1.807) is 21.6 Å². The molecule has 2 saturated carbocycles. The summed E-state index contributed by atoms with van der Waals surface area (Å²) < 4.78 is 24.7. The molecule has 234 valence electrons. The molecule has 3 aromatic heterocycles. The largest absolute Gasteiger partial charge is 0.358 e. The average Bonchev–Trinajstić information content (AvgIpc) is 3.88. The number of pyridine rings is 1. The van der Waals surface area contributed by atoms with Gasteiger partial charge in [-0.1, -0.05) is 0 Å². The van der Waals surface area contributed by atoms with Gasteiger partial charge in [0.25, 0.3) is 5.91 Å². The molecule has 2 aliphatic carbocycles. The minimum Gasteiger partial charge on any atom is -0.358 e. The Morgan fingerprint density at radius 1 is 1.14 bits per heavy atom. The van der Waals surface area contributed by atoms with Crippen LogP contribution < -0.4 is 10.6 Å². The molecule has 2 amide bonds. The molecule has 12 heteroatoms. The van der Waals surface area contributed by atoms with Gasteiger partial charge in [-0.15, -0.1) is 0 Å². The van der Waals surface area contributed by atoms with Crippen molar-refractivity contribution in [3.8, 4) is 11.3 Å². The summed E-state index contributed by atoms with van der Waals surface area (Å²) in [6.07, 6.45) is 14.0. The number of amides is 2. The predicted octanol–water partition coefficient (Wildman–Crippen LogP) is 4.76. The fourth-order valence-electron chi connectivity index (χ4n) is 5.76. The van der Waals surface area contributed by atoms with E-state index in [-0.39, 0.29) is 35.8 Å². The summed E-state index contributed by atoms with van der Waals surface area (Å²) in [4.78, 5) is 31.4. The van der Waals surface area contributed by atoms with Crippen molar-refractivity contribution in [1.29, 1.82) is 0 Å². The van der Waals surface area contributed by atoms with Crippen molar-refractivity contribution in [2.45, 2.75) is 65.8 Å². The molecule has 0 spiro atoms. The summed E-state index contributed by atoms with van der Waals surface area (Å²) in [7, 11) is -0.654. The highest BCUT2D eigenvalue weighted by molar-refractivity contribution is 8.32.